The van der Waals surface area contributed by atoms with Crippen molar-refractivity contribution in [1.82, 2.24) is 4.72 Å². The normalized spacial score (nSPS) is 19.5. The Morgan fingerprint density at radius 1 is 1.39 bits per heavy atom. The van der Waals surface area contributed by atoms with Crippen LogP contribution >= 0.6 is 0 Å². The molecule has 128 valence electrons. The molecule has 0 bridgehead atoms. The summed E-state index contributed by atoms with van der Waals surface area (Å²) < 4.78 is 37.0. The molecule has 0 radical (unpaired) electrons. The van der Waals surface area contributed by atoms with Gasteiger partial charge in [0.1, 0.15) is 0 Å². The number of sulfonamides is 1. The van der Waals surface area contributed by atoms with E-state index in [-0.39, 0.29) is 29.4 Å². The molecule has 1 aliphatic heterocycles. The third-order valence-electron chi connectivity index (χ3n) is 3.51. The molecule has 1 aromatic rings. The molecule has 1 heterocycles. The highest BCUT2D eigenvalue weighted by Gasteiger charge is 2.23. The van der Waals surface area contributed by atoms with Crippen LogP contribution in [0.25, 0.3) is 0 Å². The number of carbonyl (C=O) groups excluding carboxylic acids is 1. The largest absolute Gasteiger partial charge is 0.383 e. The van der Waals surface area contributed by atoms with Gasteiger partial charge in [0, 0.05) is 25.4 Å². The van der Waals surface area contributed by atoms with Gasteiger partial charge in [-0.1, -0.05) is 0 Å². The van der Waals surface area contributed by atoms with Crippen molar-refractivity contribution in [1.29, 1.82) is 0 Å². The Morgan fingerprint density at radius 3 is 2.65 bits per heavy atom. The number of nitrogens with one attached hydrogen (secondary N) is 2. The van der Waals surface area contributed by atoms with E-state index in [4.69, 9.17) is 9.47 Å². The number of hydrogen-bond donors (Lipinski definition) is 2. The van der Waals surface area contributed by atoms with Gasteiger partial charge in [-0.3, -0.25) is 4.79 Å². The minimum absolute atomic E-state index is 0.107. The van der Waals surface area contributed by atoms with Crippen molar-refractivity contribution in [3.05, 3.63) is 24.3 Å². The zero-order valence-corrected chi connectivity index (χ0v) is 14.1. The van der Waals surface area contributed by atoms with E-state index in [0.717, 1.165) is 0 Å². The van der Waals surface area contributed by atoms with Crippen LogP contribution in [-0.2, 0) is 24.3 Å². The number of ether oxygens (including phenoxy) is 2. The average molecular weight is 342 g/mol. The third kappa shape index (κ3) is 5.00. The van der Waals surface area contributed by atoms with Crippen molar-refractivity contribution in [2.45, 2.75) is 24.3 Å². The van der Waals surface area contributed by atoms with Gasteiger partial charge in [-0.2, -0.15) is 0 Å². The van der Waals surface area contributed by atoms with E-state index < -0.39 is 10.0 Å². The summed E-state index contributed by atoms with van der Waals surface area (Å²) >= 11 is 0. The van der Waals surface area contributed by atoms with Gasteiger partial charge in [-0.05, 0) is 37.6 Å². The van der Waals surface area contributed by atoms with Crippen LogP contribution in [0.4, 0.5) is 5.69 Å². The van der Waals surface area contributed by atoms with Crippen LogP contribution < -0.4 is 10.0 Å². The fourth-order valence-corrected chi connectivity index (χ4v) is 3.55. The first-order valence-corrected chi connectivity index (χ1v) is 8.90. The zero-order chi connectivity index (χ0) is 16.9. The predicted octanol–water partition coefficient (Wildman–Crippen LogP) is 0.975. The maximum absolute atomic E-state index is 12.2. The Morgan fingerprint density at radius 2 is 2.09 bits per heavy atom. The molecule has 2 rings (SSSR count). The molecule has 1 aliphatic rings. The third-order valence-corrected chi connectivity index (χ3v) is 5.11. The molecular formula is C15H22N2O5S. The van der Waals surface area contributed by atoms with E-state index >= 15 is 0 Å². The lowest BCUT2D eigenvalue weighted by Crippen LogP contribution is -2.35. The van der Waals surface area contributed by atoms with Crippen molar-refractivity contribution < 1.29 is 22.7 Å². The maximum atomic E-state index is 12.2. The summed E-state index contributed by atoms with van der Waals surface area (Å²) in [4.78, 5) is 12.1. The molecule has 2 N–H and O–H groups in total. The second-order valence-corrected chi connectivity index (χ2v) is 7.27. The maximum Gasteiger partial charge on any atom is 0.240 e. The average Bonchev–Trinajstić information content (AvgIpc) is 3.01. The van der Waals surface area contributed by atoms with E-state index in [1.165, 1.54) is 19.2 Å². The van der Waals surface area contributed by atoms with Crippen LogP contribution in [0, 0.1) is 5.92 Å². The second-order valence-electron chi connectivity index (χ2n) is 5.55. The van der Waals surface area contributed by atoms with Crippen molar-refractivity contribution >= 4 is 21.6 Å². The fourth-order valence-electron chi connectivity index (χ4n) is 2.32. The Kier molecular flexibility index (Phi) is 6.11. The topological polar surface area (TPSA) is 93.7 Å². The number of carbonyl (C=O) groups is 1. The zero-order valence-electron chi connectivity index (χ0n) is 13.2. The summed E-state index contributed by atoms with van der Waals surface area (Å²) in [6.45, 7) is 3.04. The van der Waals surface area contributed by atoms with Crippen molar-refractivity contribution in [3.63, 3.8) is 0 Å². The molecule has 0 spiro atoms. The quantitative estimate of drug-likeness (QED) is 0.770. The van der Waals surface area contributed by atoms with Gasteiger partial charge < -0.3 is 14.8 Å². The van der Waals surface area contributed by atoms with Gasteiger partial charge in [0.2, 0.25) is 15.9 Å². The molecule has 1 fully saturated rings. The molecular weight excluding hydrogens is 320 g/mol. The Hall–Kier alpha value is -1.48. The molecule has 0 saturated carbocycles. The highest BCUT2D eigenvalue weighted by molar-refractivity contribution is 7.89. The molecule has 0 aromatic heterocycles. The highest BCUT2D eigenvalue weighted by Crippen LogP contribution is 2.18. The van der Waals surface area contributed by atoms with Gasteiger partial charge in [-0.15, -0.1) is 0 Å². The van der Waals surface area contributed by atoms with E-state index in [0.29, 0.717) is 25.3 Å². The summed E-state index contributed by atoms with van der Waals surface area (Å²) in [6, 6.07) is 5.74. The first-order chi connectivity index (χ1) is 10.9. The molecule has 1 amide bonds. The predicted molar refractivity (Wildman–Crippen MR) is 85.7 cm³/mol. The van der Waals surface area contributed by atoms with Crippen LogP contribution in [-0.4, -0.2) is 47.3 Å². The molecule has 1 aromatic carbocycles. The van der Waals surface area contributed by atoms with E-state index in [2.05, 4.69) is 10.0 Å². The van der Waals surface area contributed by atoms with Gasteiger partial charge in [0.05, 0.1) is 24.0 Å². The van der Waals surface area contributed by atoms with E-state index in [1.807, 2.05) is 0 Å². The lowest BCUT2D eigenvalue weighted by atomic mass is 10.1. The summed E-state index contributed by atoms with van der Waals surface area (Å²) in [7, 11) is -2.09. The smallest absolute Gasteiger partial charge is 0.240 e. The molecule has 7 nitrogen and oxygen atoms in total. The van der Waals surface area contributed by atoms with Gasteiger partial charge in [0.25, 0.3) is 0 Å². The molecule has 1 saturated heterocycles. The number of methoxy groups -OCH3 is 1. The van der Waals surface area contributed by atoms with Crippen LogP contribution in [0.15, 0.2) is 29.2 Å². The molecule has 8 heteroatoms. The number of anilines is 1. The SMILES string of the molecule is COCC(C)NS(=O)(=O)c1ccc(NC(=O)C2CCOC2)cc1. The van der Waals surface area contributed by atoms with Crippen LogP contribution in [0.5, 0.6) is 0 Å². The lowest BCUT2D eigenvalue weighted by molar-refractivity contribution is -0.119. The van der Waals surface area contributed by atoms with Gasteiger partial charge >= 0.3 is 0 Å². The number of rotatable bonds is 7. The Balaban J connectivity index is 1.99. The number of amides is 1. The fraction of sp³-hybridized carbons (Fsp3) is 0.533. The summed E-state index contributed by atoms with van der Waals surface area (Å²) in [6.07, 6.45) is 0.708. The minimum atomic E-state index is -3.61. The monoisotopic (exact) mass is 342 g/mol. The van der Waals surface area contributed by atoms with Crippen molar-refractivity contribution in [2.75, 3.05) is 32.2 Å². The van der Waals surface area contributed by atoms with E-state index in [1.54, 1.807) is 19.1 Å². The first-order valence-electron chi connectivity index (χ1n) is 7.42. The molecule has 23 heavy (non-hydrogen) atoms. The first kappa shape index (κ1) is 17.9. The Bertz CT molecular complexity index is 624. The summed E-state index contributed by atoms with van der Waals surface area (Å²) in [5, 5.41) is 2.77. The Labute approximate surface area is 136 Å². The van der Waals surface area contributed by atoms with Crippen LogP contribution in [0.3, 0.4) is 0 Å². The molecule has 2 atom stereocenters. The summed E-state index contributed by atoms with van der Waals surface area (Å²) in [5.74, 6) is -0.250. The van der Waals surface area contributed by atoms with Crippen LogP contribution in [0.1, 0.15) is 13.3 Å². The van der Waals surface area contributed by atoms with Gasteiger partial charge in [-0.25, -0.2) is 13.1 Å². The summed E-state index contributed by atoms with van der Waals surface area (Å²) in [5.41, 5.74) is 0.561. The molecule has 0 aliphatic carbocycles. The second kappa shape index (κ2) is 7.87. The number of hydrogen-bond acceptors (Lipinski definition) is 5. The van der Waals surface area contributed by atoms with Gasteiger partial charge in [0.15, 0.2) is 0 Å². The van der Waals surface area contributed by atoms with Crippen molar-refractivity contribution in [3.8, 4) is 0 Å². The van der Waals surface area contributed by atoms with Crippen molar-refractivity contribution in [2.24, 2.45) is 5.92 Å². The highest BCUT2D eigenvalue weighted by atomic mass is 32.2. The standard InChI is InChI=1S/C15H22N2O5S/c1-11(9-21-2)17-23(19,20)14-5-3-13(4-6-14)16-15(18)12-7-8-22-10-12/h3-6,11-12,17H,7-10H2,1-2H3,(H,16,18). The van der Waals surface area contributed by atoms with E-state index in [9.17, 15) is 13.2 Å². The number of benzene rings is 1. The molecule has 2 unspecified atom stereocenters. The minimum Gasteiger partial charge on any atom is -0.383 e. The van der Waals surface area contributed by atoms with Crippen LogP contribution in [0.2, 0.25) is 0 Å². The lowest BCUT2D eigenvalue weighted by Gasteiger charge is -2.14.